The first-order valence-electron chi connectivity index (χ1n) is 7.97. The molecule has 1 aliphatic rings. The summed E-state index contributed by atoms with van der Waals surface area (Å²) in [5.41, 5.74) is 5.47. The van der Waals surface area contributed by atoms with Gasteiger partial charge in [-0.2, -0.15) is 0 Å². The monoisotopic (exact) mass is 325 g/mol. The molecule has 0 radical (unpaired) electrons. The average Bonchev–Trinajstić information content (AvgIpc) is 3.10. The molecule has 0 aliphatic heterocycles. The molecule has 3 aromatic rings. The fraction of sp³-hybridized carbons (Fsp3) is 0.333. The number of rotatable bonds is 2. The number of carbonyl (C=O) groups excluding carboxylic acids is 1. The van der Waals surface area contributed by atoms with Crippen LogP contribution in [-0.4, -0.2) is 15.9 Å². The minimum Gasteiger partial charge on any atom is -0.358 e. The van der Waals surface area contributed by atoms with E-state index in [4.69, 9.17) is 0 Å². The molecule has 0 saturated heterocycles. The van der Waals surface area contributed by atoms with E-state index in [-0.39, 0.29) is 5.91 Å². The number of amides is 1. The predicted molar refractivity (Wildman–Crippen MR) is 94.3 cm³/mol. The van der Waals surface area contributed by atoms with E-state index in [0.717, 1.165) is 24.1 Å². The van der Waals surface area contributed by atoms with Crippen LogP contribution in [0.4, 0.5) is 5.13 Å². The molecule has 1 amide bonds. The molecule has 2 N–H and O–H groups in total. The largest absolute Gasteiger partial charge is 0.358 e. The highest BCUT2D eigenvalue weighted by Crippen LogP contribution is 2.32. The van der Waals surface area contributed by atoms with Crippen molar-refractivity contribution in [2.45, 2.75) is 33.1 Å². The molecule has 0 bridgehead atoms. The SMILES string of the molecule is Cc1csc(NC(=O)c2ccc3[nH]c4c(c3c2)C[C@H](C)CC4)n1. The number of H-pyrrole nitrogens is 1. The molecule has 0 fully saturated rings. The van der Waals surface area contributed by atoms with Crippen molar-refractivity contribution >= 4 is 33.3 Å². The summed E-state index contributed by atoms with van der Waals surface area (Å²) in [6, 6.07) is 5.91. The van der Waals surface area contributed by atoms with Crippen molar-refractivity contribution in [2.24, 2.45) is 5.92 Å². The molecule has 0 saturated carbocycles. The number of aromatic amines is 1. The van der Waals surface area contributed by atoms with Crippen LogP contribution in [0.15, 0.2) is 23.6 Å². The molecule has 5 heteroatoms. The highest BCUT2D eigenvalue weighted by atomic mass is 32.1. The van der Waals surface area contributed by atoms with Crippen LogP contribution in [0, 0.1) is 12.8 Å². The summed E-state index contributed by atoms with van der Waals surface area (Å²) in [6.07, 6.45) is 3.42. The zero-order valence-electron chi connectivity index (χ0n) is 13.3. The zero-order chi connectivity index (χ0) is 16.0. The van der Waals surface area contributed by atoms with E-state index in [1.165, 1.54) is 34.4 Å². The zero-order valence-corrected chi connectivity index (χ0v) is 14.1. The average molecular weight is 325 g/mol. The van der Waals surface area contributed by atoms with Crippen LogP contribution in [0.1, 0.15) is 40.7 Å². The molecule has 4 rings (SSSR count). The first-order chi connectivity index (χ1) is 11.1. The van der Waals surface area contributed by atoms with Crippen LogP contribution in [0.5, 0.6) is 0 Å². The van der Waals surface area contributed by atoms with Gasteiger partial charge in [0.15, 0.2) is 5.13 Å². The van der Waals surface area contributed by atoms with Gasteiger partial charge >= 0.3 is 0 Å². The van der Waals surface area contributed by atoms with Gasteiger partial charge in [-0.3, -0.25) is 10.1 Å². The maximum Gasteiger partial charge on any atom is 0.257 e. The Kier molecular flexibility index (Phi) is 3.45. The maximum atomic E-state index is 12.5. The Bertz CT molecular complexity index is 893. The number of benzene rings is 1. The first kappa shape index (κ1) is 14.5. The molecule has 2 heterocycles. The quantitative estimate of drug-likeness (QED) is 0.737. The van der Waals surface area contributed by atoms with Crippen molar-refractivity contribution in [1.82, 2.24) is 9.97 Å². The number of aromatic nitrogens is 2. The Morgan fingerprint density at radius 2 is 2.30 bits per heavy atom. The molecule has 0 unspecified atom stereocenters. The van der Waals surface area contributed by atoms with E-state index in [9.17, 15) is 4.79 Å². The Labute approximate surface area is 138 Å². The van der Waals surface area contributed by atoms with E-state index >= 15 is 0 Å². The summed E-state index contributed by atoms with van der Waals surface area (Å²) in [7, 11) is 0. The van der Waals surface area contributed by atoms with Crippen molar-refractivity contribution in [3.8, 4) is 0 Å². The summed E-state index contributed by atoms with van der Waals surface area (Å²) >= 11 is 1.45. The van der Waals surface area contributed by atoms with Crippen LogP contribution >= 0.6 is 11.3 Å². The number of nitrogens with one attached hydrogen (secondary N) is 2. The number of carbonyl (C=O) groups is 1. The third-order valence-electron chi connectivity index (χ3n) is 4.54. The van der Waals surface area contributed by atoms with Crippen LogP contribution in [-0.2, 0) is 12.8 Å². The van der Waals surface area contributed by atoms with Gasteiger partial charge in [0.05, 0.1) is 5.69 Å². The fourth-order valence-corrected chi connectivity index (χ4v) is 4.00. The van der Waals surface area contributed by atoms with Gasteiger partial charge in [-0.15, -0.1) is 11.3 Å². The van der Waals surface area contributed by atoms with E-state index < -0.39 is 0 Å². The third-order valence-corrected chi connectivity index (χ3v) is 5.41. The smallest absolute Gasteiger partial charge is 0.257 e. The van der Waals surface area contributed by atoms with Gasteiger partial charge in [-0.1, -0.05) is 6.92 Å². The van der Waals surface area contributed by atoms with E-state index in [0.29, 0.717) is 16.6 Å². The number of anilines is 1. The van der Waals surface area contributed by atoms with Crippen molar-refractivity contribution < 1.29 is 4.79 Å². The molecular formula is C18H19N3OS. The van der Waals surface area contributed by atoms with Crippen LogP contribution in [0.3, 0.4) is 0 Å². The lowest BCUT2D eigenvalue weighted by atomic mass is 9.87. The second kappa shape index (κ2) is 5.49. The third kappa shape index (κ3) is 2.65. The van der Waals surface area contributed by atoms with Gasteiger partial charge in [0.25, 0.3) is 5.91 Å². The van der Waals surface area contributed by atoms with Crippen molar-refractivity contribution in [3.05, 3.63) is 46.1 Å². The second-order valence-corrected chi connectivity index (χ2v) is 7.30. The summed E-state index contributed by atoms with van der Waals surface area (Å²) in [4.78, 5) is 20.3. The molecular weight excluding hydrogens is 306 g/mol. The normalized spacial score (nSPS) is 17.2. The Balaban J connectivity index is 1.68. The van der Waals surface area contributed by atoms with Gasteiger partial charge < -0.3 is 4.98 Å². The van der Waals surface area contributed by atoms with Crippen molar-refractivity contribution in [3.63, 3.8) is 0 Å². The van der Waals surface area contributed by atoms with Gasteiger partial charge in [0, 0.05) is 27.5 Å². The molecule has 2 aromatic heterocycles. The van der Waals surface area contributed by atoms with Crippen LogP contribution in [0.25, 0.3) is 10.9 Å². The minimum atomic E-state index is -0.0972. The lowest BCUT2D eigenvalue weighted by Crippen LogP contribution is -2.12. The summed E-state index contributed by atoms with van der Waals surface area (Å²) in [5, 5.41) is 6.66. The van der Waals surface area contributed by atoms with E-state index in [1.54, 1.807) is 0 Å². The van der Waals surface area contributed by atoms with Crippen LogP contribution in [0.2, 0.25) is 0 Å². The number of hydrogen-bond acceptors (Lipinski definition) is 3. The highest BCUT2D eigenvalue weighted by molar-refractivity contribution is 7.13. The molecule has 118 valence electrons. The molecule has 1 aromatic carbocycles. The van der Waals surface area contributed by atoms with Gasteiger partial charge in [0.2, 0.25) is 0 Å². The molecule has 1 atom stereocenters. The topological polar surface area (TPSA) is 57.8 Å². The Hall–Kier alpha value is -2.14. The maximum absolute atomic E-state index is 12.5. The molecule has 0 spiro atoms. The number of aryl methyl sites for hydroxylation is 2. The standard InChI is InChI=1S/C18H19N3OS/c1-10-3-5-15-13(7-10)14-8-12(4-6-16(14)20-15)17(22)21-18-19-11(2)9-23-18/h4,6,8-10,20H,3,5,7H2,1-2H3,(H,19,21,22)/t10-/m1/s1. The number of hydrogen-bond donors (Lipinski definition) is 2. The van der Waals surface area contributed by atoms with Gasteiger partial charge in [-0.25, -0.2) is 4.98 Å². The fourth-order valence-electron chi connectivity index (χ4n) is 3.31. The van der Waals surface area contributed by atoms with Gasteiger partial charge in [-0.05, 0) is 55.9 Å². The molecule has 1 aliphatic carbocycles. The lowest BCUT2D eigenvalue weighted by molar-refractivity contribution is 0.102. The Morgan fingerprint density at radius 1 is 1.43 bits per heavy atom. The summed E-state index contributed by atoms with van der Waals surface area (Å²) in [6.45, 7) is 4.22. The minimum absolute atomic E-state index is 0.0972. The number of fused-ring (bicyclic) bond motifs is 3. The number of thiazole rings is 1. The first-order valence-corrected chi connectivity index (χ1v) is 8.85. The summed E-state index contributed by atoms with van der Waals surface area (Å²) in [5.74, 6) is 0.609. The van der Waals surface area contributed by atoms with E-state index in [2.05, 4.69) is 22.2 Å². The molecule has 4 nitrogen and oxygen atoms in total. The summed E-state index contributed by atoms with van der Waals surface area (Å²) < 4.78 is 0. The van der Waals surface area contributed by atoms with Gasteiger partial charge in [0.1, 0.15) is 0 Å². The van der Waals surface area contributed by atoms with Crippen molar-refractivity contribution in [2.75, 3.05) is 5.32 Å². The van der Waals surface area contributed by atoms with Crippen molar-refractivity contribution in [1.29, 1.82) is 0 Å². The Morgan fingerprint density at radius 3 is 3.09 bits per heavy atom. The predicted octanol–water partition coefficient (Wildman–Crippen LogP) is 4.31. The highest BCUT2D eigenvalue weighted by Gasteiger charge is 2.20. The lowest BCUT2D eigenvalue weighted by Gasteiger charge is -2.18. The number of nitrogens with zero attached hydrogens (tertiary/aromatic N) is 1. The van der Waals surface area contributed by atoms with Crippen LogP contribution < -0.4 is 5.32 Å². The molecule has 23 heavy (non-hydrogen) atoms. The second-order valence-electron chi connectivity index (χ2n) is 6.44. The van der Waals surface area contributed by atoms with E-state index in [1.807, 2.05) is 30.5 Å².